The fourth-order valence-electron chi connectivity index (χ4n) is 3.46. The Hall–Kier alpha value is -3.35. The first kappa shape index (κ1) is 20.5. The molecule has 0 unspecified atom stereocenters. The van der Waals surface area contributed by atoms with Gasteiger partial charge in [-0.2, -0.15) is 0 Å². The number of hydrogen-bond acceptors (Lipinski definition) is 5. The summed E-state index contributed by atoms with van der Waals surface area (Å²) in [6.45, 7) is 1.04. The first-order chi connectivity index (χ1) is 15.7. The molecule has 0 saturated carbocycles. The van der Waals surface area contributed by atoms with Crippen LogP contribution in [0.5, 0.6) is 11.5 Å². The van der Waals surface area contributed by atoms with Crippen molar-refractivity contribution in [2.75, 3.05) is 13.2 Å². The van der Waals surface area contributed by atoms with Crippen molar-refractivity contribution in [3.8, 4) is 11.5 Å². The number of ether oxygens (including phenoxy) is 2. The van der Waals surface area contributed by atoms with Gasteiger partial charge < -0.3 is 9.47 Å². The summed E-state index contributed by atoms with van der Waals surface area (Å²) in [4.78, 5) is 18.3. The van der Waals surface area contributed by atoms with E-state index >= 15 is 0 Å². The van der Waals surface area contributed by atoms with Crippen molar-refractivity contribution >= 4 is 45.0 Å². The van der Waals surface area contributed by atoms with E-state index in [1.165, 1.54) is 11.3 Å². The molecule has 0 fully saturated rings. The van der Waals surface area contributed by atoms with Crippen LogP contribution in [0, 0.1) is 0 Å². The van der Waals surface area contributed by atoms with Crippen LogP contribution in [0.25, 0.3) is 22.1 Å². The predicted octanol–water partition coefficient (Wildman–Crippen LogP) is 4.96. The Balaban J connectivity index is 1.37. The zero-order valence-corrected chi connectivity index (χ0v) is 18.6. The standard InChI is InChI=1S/C25H19ClN2O3S/c26-18-11-12-22(31-14-6-13-30-19-7-2-1-3-8-19)17(15-18)16-23-24(29)28-21-10-5-4-9-20(21)27-25(28)32-23/h1-5,7-12,15-16H,6,13-14H2. The van der Waals surface area contributed by atoms with Crippen molar-refractivity contribution in [2.45, 2.75) is 6.42 Å². The van der Waals surface area contributed by atoms with Gasteiger partial charge >= 0.3 is 0 Å². The largest absolute Gasteiger partial charge is 0.493 e. The molecule has 5 aromatic rings. The number of thiazole rings is 1. The average Bonchev–Trinajstić information content (AvgIpc) is 3.31. The second kappa shape index (κ2) is 9.02. The van der Waals surface area contributed by atoms with Crippen molar-refractivity contribution in [2.24, 2.45) is 0 Å². The van der Waals surface area contributed by atoms with Gasteiger partial charge in [-0.25, -0.2) is 9.38 Å². The van der Waals surface area contributed by atoms with Crippen molar-refractivity contribution in [3.05, 3.63) is 98.3 Å². The Morgan fingerprint density at radius 1 is 0.969 bits per heavy atom. The molecule has 7 heteroatoms. The van der Waals surface area contributed by atoms with E-state index < -0.39 is 0 Å². The Morgan fingerprint density at radius 3 is 2.62 bits per heavy atom. The average molecular weight is 463 g/mol. The zero-order chi connectivity index (χ0) is 21.9. The lowest BCUT2D eigenvalue weighted by Crippen LogP contribution is -2.22. The second-order valence-electron chi connectivity index (χ2n) is 7.18. The summed E-state index contributed by atoms with van der Waals surface area (Å²) in [6.07, 6.45) is 2.54. The van der Waals surface area contributed by atoms with Crippen LogP contribution in [0.15, 0.2) is 77.6 Å². The molecule has 0 aliphatic carbocycles. The minimum absolute atomic E-state index is 0.0964. The van der Waals surface area contributed by atoms with Gasteiger partial charge in [0.15, 0.2) is 4.96 Å². The normalized spacial score (nSPS) is 12.0. The topological polar surface area (TPSA) is 52.8 Å². The lowest BCUT2D eigenvalue weighted by molar-refractivity contribution is 0.247. The van der Waals surface area contributed by atoms with Crippen LogP contribution in [-0.4, -0.2) is 22.6 Å². The lowest BCUT2D eigenvalue weighted by atomic mass is 10.2. The van der Waals surface area contributed by atoms with Crippen molar-refractivity contribution in [1.29, 1.82) is 0 Å². The number of imidazole rings is 1. The number of aromatic nitrogens is 2. The molecule has 5 nitrogen and oxygen atoms in total. The van der Waals surface area contributed by atoms with Gasteiger partial charge in [-0.05, 0) is 48.5 Å². The van der Waals surface area contributed by atoms with Crippen molar-refractivity contribution in [1.82, 2.24) is 9.38 Å². The number of fused-ring (bicyclic) bond motifs is 3. The third-order valence-corrected chi connectivity index (χ3v) is 6.17. The molecule has 0 N–H and O–H groups in total. The number of hydrogen-bond donors (Lipinski definition) is 0. The van der Waals surface area contributed by atoms with Gasteiger partial charge in [0.25, 0.3) is 5.56 Å². The maximum Gasteiger partial charge on any atom is 0.274 e. The molecule has 5 rings (SSSR count). The number of para-hydroxylation sites is 3. The summed E-state index contributed by atoms with van der Waals surface area (Å²) < 4.78 is 13.9. The molecule has 3 aromatic carbocycles. The van der Waals surface area contributed by atoms with E-state index in [9.17, 15) is 4.79 Å². The molecule has 0 atom stereocenters. The summed E-state index contributed by atoms with van der Waals surface area (Å²) in [6, 6.07) is 22.7. The van der Waals surface area contributed by atoms with Crippen molar-refractivity contribution < 1.29 is 9.47 Å². The highest BCUT2D eigenvalue weighted by atomic mass is 35.5. The molecule has 0 aliphatic rings. The van der Waals surface area contributed by atoms with Crippen LogP contribution in [0.4, 0.5) is 0 Å². The lowest BCUT2D eigenvalue weighted by Gasteiger charge is -2.10. The van der Waals surface area contributed by atoms with Gasteiger partial charge in [0.05, 0.1) is 28.8 Å². The van der Waals surface area contributed by atoms with Gasteiger partial charge in [-0.1, -0.05) is 53.3 Å². The predicted molar refractivity (Wildman–Crippen MR) is 129 cm³/mol. The SMILES string of the molecule is O=c1c(=Cc2cc(Cl)ccc2OCCCOc2ccccc2)sc2nc3ccccc3n12. The minimum atomic E-state index is -0.0964. The minimum Gasteiger partial charge on any atom is -0.493 e. The molecular weight excluding hydrogens is 444 g/mol. The molecule has 2 aromatic heterocycles. The van der Waals surface area contributed by atoms with Gasteiger partial charge in [0, 0.05) is 17.0 Å². The zero-order valence-electron chi connectivity index (χ0n) is 17.0. The highest BCUT2D eigenvalue weighted by Crippen LogP contribution is 2.24. The highest BCUT2D eigenvalue weighted by Gasteiger charge is 2.11. The summed E-state index contributed by atoms with van der Waals surface area (Å²) >= 11 is 7.58. The molecule has 0 spiro atoms. The highest BCUT2D eigenvalue weighted by molar-refractivity contribution is 7.15. The van der Waals surface area contributed by atoms with E-state index in [1.54, 1.807) is 16.5 Å². The van der Waals surface area contributed by atoms with Crippen LogP contribution in [0.2, 0.25) is 5.02 Å². The fourth-order valence-corrected chi connectivity index (χ4v) is 4.62. The maximum absolute atomic E-state index is 13.0. The molecular formula is C25H19ClN2O3S. The molecule has 32 heavy (non-hydrogen) atoms. The molecule has 0 amide bonds. The molecule has 0 saturated heterocycles. The van der Waals surface area contributed by atoms with Crippen molar-refractivity contribution in [3.63, 3.8) is 0 Å². The van der Waals surface area contributed by atoms with E-state index in [4.69, 9.17) is 21.1 Å². The van der Waals surface area contributed by atoms with Crippen LogP contribution in [0.1, 0.15) is 12.0 Å². The summed E-state index contributed by atoms with van der Waals surface area (Å²) in [5.41, 5.74) is 2.28. The third kappa shape index (κ3) is 4.20. The van der Waals surface area contributed by atoms with Crippen LogP contribution in [0.3, 0.4) is 0 Å². The summed E-state index contributed by atoms with van der Waals surface area (Å²) in [5.74, 6) is 1.51. The number of rotatable bonds is 7. The molecule has 0 bridgehead atoms. The maximum atomic E-state index is 13.0. The van der Waals surface area contributed by atoms with Gasteiger partial charge in [-0.3, -0.25) is 4.79 Å². The molecule has 0 aliphatic heterocycles. The molecule has 160 valence electrons. The number of nitrogens with zero attached hydrogens (tertiary/aromatic N) is 2. The van der Waals surface area contributed by atoms with Gasteiger partial charge in [-0.15, -0.1) is 0 Å². The van der Waals surface area contributed by atoms with Crippen LogP contribution >= 0.6 is 22.9 Å². The Morgan fingerprint density at radius 2 is 1.75 bits per heavy atom. The Labute approximate surface area is 193 Å². The third-order valence-electron chi connectivity index (χ3n) is 4.96. The Bertz CT molecular complexity index is 1490. The fraction of sp³-hybridized carbons (Fsp3) is 0.120. The van der Waals surface area contributed by atoms with E-state index in [0.29, 0.717) is 33.5 Å². The van der Waals surface area contributed by atoms with Gasteiger partial charge in [0.2, 0.25) is 0 Å². The van der Waals surface area contributed by atoms with E-state index in [2.05, 4.69) is 4.98 Å². The van der Waals surface area contributed by atoms with E-state index in [0.717, 1.165) is 28.8 Å². The smallest absolute Gasteiger partial charge is 0.274 e. The van der Waals surface area contributed by atoms with Crippen LogP contribution in [-0.2, 0) is 0 Å². The van der Waals surface area contributed by atoms with Gasteiger partial charge in [0.1, 0.15) is 11.5 Å². The quantitative estimate of drug-likeness (QED) is 0.321. The summed E-state index contributed by atoms with van der Waals surface area (Å²) in [5, 5.41) is 0.579. The van der Waals surface area contributed by atoms with Crippen LogP contribution < -0.4 is 19.6 Å². The molecule has 2 heterocycles. The first-order valence-corrected chi connectivity index (χ1v) is 11.4. The van der Waals surface area contributed by atoms with E-state index in [1.807, 2.05) is 66.7 Å². The molecule has 0 radical (unpaired) electrons. The Kier molecular flexibility index (Phi) is 5.79. The number of halogens is 1. The first-order valence-electron chi connectivity index (χ1n) is 10.2. The number of benzene rings is 3. The second-order valence-corrected chi connectivity index (χ2v) is 8.63. The summed E-state index contributed by atoms with van der Waals surface area (Å²) in [7, 11) is 0. The van der Waals surface area contributed by atoms with E-state index in [-0.39, 0.29) is 5.56 Å². The monoisotopic (exact) mass is 462 g/mol.